The molecule has 2 aliphatic rings. The number of amides is 1. The smallest absolute Gasteiger partial charge is 0.411 e. The van der Waals surface area contributed by atoms with Crippen LogP contribution in [-0.4, -0.2) is 80.0 Å². The van der Waals surface area contributed by atoms with Crippen LogP contribution in [-0.2, 0) is 9.57 Å². The van der Waals surface area contributed by atoms with E-state index >= 15 is 8.78 Å². The lowest BCUT2D eigenvalue weighted by Gasteiger charge is -2.34. The van der Waals surface area contributed by atoms with E-state index in [1.807, 2.05) is 0 Å². The van der Waals surface area contributed by atoms with Crippen molar-refractivity contribution in [1.29, 1.82) is 0 Å². The van der Waals surface area contributed by atoms with Crippen LogP contribution < -0.4 is 4.90 Å². The zero-order chi connectivity index (χ0) is 25.2. The quantitative estimate of drug-likeness (QED) is 0.358. The first-order valence-corrected chi connectivity index (χ1v) is 11.5. The molecule has 2 saturated heterocycles. The van der Waals surface area contributed by atoms with Crippen molar-refractivity contribution in [3.05, 3.63) is 53.6 Å². The van der Waals surface area contributed by atoms with E-state index in [-0.39, 0.29) is 30.4 Å². The van der Waals surface area contributed by atoms with Gasteiger partial charge in [-0.1, -0.05) is 15.6 Å². The van der Waals surface area contributed by atoms with Gasteiger partial charge >= 0.3 is 6.09 Å². The van der Waals surface area contributed by atoms with Crippen LogP contribution in [0, 0.1) is 11.6 Å². The summed E-state index contributed by atoms with van der Waals surface area (Å²) in [4.78, 5) is 20.0. The Bertz CT molecular complexity index is 1230. The van der Waals surface area contributed by atoms with E-state index in [1.54, 1.807) is 22.7 Å². The Labute approximate surface area is 205 Å². The van der Waals surface area contributed by atoms with Crippen molar-refractivity contribution in [3.8, 4) is 0 Å². The molecular formula is C22H25F2N9O3. The van der Waals surface area contributed by atoms with Crippen molar-refractivity contribution < 1.29 is 23.1 Å². The molecule has 3 aromatic rings. The standard InChI is InChI=1S/C22H25F2N9O3/c1-14(27-35-2)19-13-33(29-26-19)16-3-6-30(7-4-16)20-17(23)11-15(12-18(20)24)21(32-8-5-25-28-32)31-9-10-36-22(31)34/h5,8,11-13,16,21H,3-4,6-7,9-10H2,1-2H3/b27-14+/t21-/m1/s1. The van der Waals surface area contributed by atoms with E-state index in [2.05, 4.69) is 25.8 Å². The molecule has 2 aliphatic heterocycles. The molecule has 0 saturated carbocycles. The molecule has 14 heteroatoms. The van der Waals surface area contributed by atoms with Gasteiger partial charge in [0.15, 0.2) is 6.17 Å². The number of cyclic esters (lactones) is 1. The molecule has 4 heterocycles. The zero-order valence-electron chi connectivity index (χ0n) is 19.8. The van der Waals surface area contributed by atoms with E-state index in [0.29, 0.717) is 37.3 Å². The number of piperidine rings is 1. The Kier molecular flexibility index (Phi) is 6.48. The van der Waals surface area contributed by atoms with Gasteiger partial charge in [-0.2, -0.15) is 0 Å². The minimum Gasteiger partial charge on any atom is -0.447 e. The van der Waals surface area contributed by atoms with Gasteiger partial charge in [-0.3, -0.25) is 4.90 Å². The molecule has 2 fully saturated rings. The number of oxime groups is 1. The third-order valence-corrected chi connectivity index (χ3v) is 6.38. The fraction of sp³-hybridized carbons (Fsp3) is 0.455. The predicted octanol–water partition coefficient (Wildman–Crippen LogP) is 2.36. The minimum absolute atomic E-state index is 0.0427. The van der Waals surface area contributed by atoms with Gasteiger partial charge in [0.2, 0.25) is 0 Å². The number of carbonyl (C=O) groups is 1. The van der Waals surface area contributed by atoms with Gasteiger partial charge in [0, 0.05) is 24.8 Å². The number of rotatable bonds is 7. The maximum atomic E-state index is 15.4. The molecule has 5 rings (SSSR count). The summed E-state index contributed by atoms with van der Waals surface area (Å²) in [6.07, 6.45) is 4.56. The third kappa shape index (κ3) is 4.45. The van der Waals surface area contributed by atoms with Crippen molar-refractivity contribution >= 4 is 17.5 Å². The highest BCUT2D eigenvalue weighted by atomic mass is 19.1. The monoisotopic (exact) mass is 501 g/mol. The van der Waals surface area contributed by atoms with Gasteiger partial charge in [0.1, 0.15) is 42.4 Å². The average Bonchev–Trinajstić information content (AvgIpc) is 3.63. The molecule has 0 unspecified atom stereocenters. The fourth-order valence-electron chi connectivity index (χ4n) is 4.65. The van der Waals surface area contributed by atoms with E-state index in [9.17, 15) is 4.79 Å². The van der Waals surface area contributed by atoms with Gasteiger partial charge in [0.05, 0.1) is 25.0 Å². The first-order chi connectivity index (χ1) is 17.5. The lowest BCUT2D eigenvalue weighted by molar-refractivity contribution is 0.139. The normalized spacial score (nSPS) is 18.0. The number of carbonyl (C=O) groups excluding carboxylic acids is 1. The summed E-state index contributed by atoms with van der Waals surface area (Å²) < 4.78 is 38.9. The van der Waals surface area contributed by atoms with E-state index in [4.69, 9.17) is 9.57 Å². The van der Waals surface area contributed by atoms with Crippen LogP contribution in [0.25, 0.3) is 0 Å². The molecule has 1 atom stereocenters. The second-order valence-corrected chi connectivity index (χ2v) is 8.56. The predicted molar refractivity (Wildman–Crippen MR) is 122 cm³/mol. The average molecular weight is 501 g/mol. The molecule has 0 N–H and O–H groups in total. The van der Waals surface area contributed by atoms with Gasteiger partial charge < -0.3 is 14.5 Å². The number of hydrogen-bond donors (Lipinski definition) is 0. The van der Waals surface area contributed by atoms with Crippen molar-refractivity contribution in [3.63, 3.8) is 0 Å². The highest BCUT2D eigenvalue weighted by Crippen LogP contribution is 2.34. The van der Waals surface area contributed by atoms with E-state index in [0.717, 1.165) is 0 Å². The number of ether oxygens (including phenoxy) is 1. The lowest BCUT2D eigenvalue weighted by Crippen LogP contribution is -2.37. The second kappa shape index (κ2) is 9.87. The number of hydrogen-bond acceptors (Lipinski definition) is 9. The summed E-state index contributed by atoms with van der Waals surface area (Å²) in [5.74, 6) is -1.42. The summed E-state index contributed by atoms with van der Waals surface area (Å²) in [7, 11) is 1.46. The Balaban J connectivity index is 1.34. The lowest BCUT2D eigenvalue weighted by atomic mass is 10.0. The summed E-state index contributed by atoms with van der Waals surface area (Å²) in [5.41, 5.74) is 1.35. The number of anilines is 1. The largest absolute Gasteiger partial charge is 0.447 e. The van der Waals surface area contributed by atoms with Crippen molar-refractivity contribution in [2.45, 2.75) is 32.0 Å². The Morgan fingerprint density at radius 3 is 2.56 bits per heavy atom. The summed E-state index contributed by atoms with van der Waals surface area (Å²) >= 11 is 0. The van der Waals surface area contributed by atoms with Gasteiger partial charge in [-0.25, -0.2) is 22.9 Å². The number of nitrogens with zero attached hydrogens (tertiary/aromatic N) is 9. The number of halogens is 2. The Morgan fingerprint density at radius 2 is 1.94 bits per heavy atom. The molecule has 0 aliphatic carbocycles. The number of benzene rings is 1. The molecular weight excluding hydrogens is 476 g/mol. The van der Waals surface area contributed by atoms with E-state index < -0.39 is 23.9 Å². The van der Waals surface area contributed by atoms with Crippen molar-refractivity contribution in [2.75, 3.05) is 38.3 Å². The first-order valence-electron chi connectivity index (χ1n) is 11.5. The maximum absolute atomic E-state index is 15.4. The van der Waals surface area contributed by atoms with Gasteiger partial charge in [-0.05, 0) is 31.9 Å². The molecule has 2 aromatic heterocycles. The molecule has 190 valence electrons. The highest BCUT2D eigenvalue weighted by Gasteiger charge is 2.34. The fourth-order valence-corrected chi connectivity index (χ4v) is 4.65. The number of aromatic nitrogens is 6. The summed E-state index contributed by atoms with van der Waals surface area (Å²) in [5, 5.41) is 19.9. The maximum Gasteiger partial charge on any atom is 0.411 e. The molecule has 1 aromatic carbocycles. The second-order valence-electron chi connectivity index (χ2n) is 8.56. The van der Waals surface area contributed by atoms with Crippen LogP contribution in [0.4, 0.5) is 19.3 Å². The van der Waals surface area contributed by atoms with Gasteiger partial charge in [-0.15, -0.1) is 10.2 Å². The van der Waals surface area contributed by atoms with Crippen LogP contribution in [0.1, 0.15) is 43.2 Å². The van der Waals surface area contributed by atoms with Crippen LogP contribution in [0.3, 0.4) is 0 Å². The van der Waals surface area contributed by atoms with E-state index in [1.165, 1.54) is 41.2 Å². The third-order valence-electron chi connectivity index (χ3n) is 6.38. The van der Waals surface area contributed by atoms with Crippen LogP contribution >= 0.6 is 0 Å². The molecule has 0 radical (unpaired) electrons. The van der Waals surface area contributed by atoms with Crippen LogP contribution in [0.15, 0.2) is 35.9 Å². The van der Waals surface area contributed by atoms with Crippen LogP contribution in [0.2, 0.25) is 0 Å². The zero-order valence-corrected chi connectivity index (χ0v) is 19.8. The Morgan fingerprint density at radius 1 is 1.19 bits per heavy atom. The van der Waals surface area contributed by atoms with Crippen LogP contribution in [0.5, 0.6) is 0 Å². The topological polar surface area (TPSA) is 116 Å². The van der Waals surface area contributed by atoms with Crippen molar-refractivity contribution in [2.24, 2.45) is 5.16 Å². The molecule has 36 heavy (non-hydrogen) atoms. The summed E-state index contributed by atoms with van der Waals surface area (Å²) in [6.45, 7) is 3.10. The van der Waals surface area contributed by atoms with Crippen molar-refractivity contribution in [1.82, 2.24) is 34.9 Å². The highest BCUT2D eigenvalue weighted by molar-refractivity contribution is 5.96. The molecule has 0 spiro atoms. The summed E-state index contributed by atoms with van der Waals surface area (Å²) in [6, 6.07) is 2.52. The molecule has 0 bridgehead atoms. The Hall–Kier alpha value is -4.10. The molecule has 1 amide bonds. The molecule has 12 nitrogen and oxygen atoms in total. The van der Waals surface area contributed by atoms with Gasteiger partial charge in [0.25, 0.3) is 0 Å². The SMILES string of the molecule is CO/N=C(\C)c1cn(C2CCN(c3c(F)cc([C@H](N4CCOC4=O)n4ccnn4)cc3F)CC2)nn1. The first kappa shape index (κ1) is 23.6. The minimum atomic E-state index is -0.877.